The second-order valence-electron chi connectivity index (χ2n) is 8.74. The number of nitrogens with zero attached hydrogens (tertiary/aromatic N) is 5. The average molecular weight is 449 g/mol. The van der Waals surface area contributed by atoms with Crippen LogP contribution in [0.25, 0.3) is 10.9 Å². The van der Waals surface area contributed by atoms with E-state index in [1.807, 2.05) is 42.6 Å². The van der Waals surface area contributed by atoms with Crippen molar-refractivity contribution in [1.29, 1.82) is 0 Å². The van der Waals surface area contributed by atoms with Crippen molar-refractivity contribution in [2.45, 2.75) is 39.0 Å². The van der Waals surface area contributed by atoms with Gasteiger partial charge in [-0.25, -0.2) is 0 Å². The maximum atomic E-state index is 12.5. The molecule has 2 aromatic heterocycles. The molecule has 1 atom stereocenters. The summed E-state index contributed by atoms with van der Waals surface area (Å²) in [5.41, 5.74) is 11.4. The zero-order chi connectivity index (χ0) is 23.3. The van der Waals surface area contributed by atoms with E-state index < -0.39 is 12.1 Å². The Labute approximate surface area is 192 Å². The predicted molar refractivity (Wildman–Crippen MR) is 125 cm³/mol. The van der Waals surface area contributed by atoms with Gasteiger partial charge in [0.05, 0.1) is 23.0 Å². The largest absolute Gasteiger partial charge is 0.471 e. The summed E-state index contributed by atoms with van der Waals surface area (Å²) in [6.45, 7) is 5.34. The lowest BCUT2D eigenvalue weighted by Gasteiger charge is -2.36. The number of amides is 1. The number of aromatic nitrogens is 3. The molecule has 3 N–H and O–H groups in total. The topological polar surface area (TPSA) is 110 Å². The first kappa shape index (κ1) is 21.3. The van der Waals surface area contributed by atoms with Crippen LogP contribution >= 0.6 is 0 Å². The third-order valence-corrected chi connectivity index (χ3v) is 6.55. The number of pyridine rings is 1. The Morgan fingerprint density at radius 3 is 2.64 bits per heavy atom. The zero-order valence-electron chi connectivity index (χ0n) is 19.0. The molecule has 0 bridgehead atoms. The molecule has 1 aromatic carbocycles. The van der Waals surface area contributed by atoms with Gasteiger partial charge in [-0.1, -0.05) is 0 Å². The van der Waals surface area contributed by atoms with Crippen LogP contribution in [0.1, 0.15) is 36.0 Å². The van der Waals surface area contributed by atoms with E-state index in [0.29, 0.717) is 25.9 Å². The van der Waals surface area contributed by atoms with Gasteiger partial charge in [0.25, 0.3) is 5.91 Å². The molecule has 1 saturated heterocycles. The summed E-state index contributed by atoms with van der Waals surface area (Å²) < 4.78 is 7.85. The Morgan fingerprint density at radius 1 is 1.18 bits per heavy atom. The Bertz CT molecular complexity index is 1260. The number of ether oxygens (including phenoxy) is 1. The van der Waals surface area contributed by atoms with Gasteiger partial charge in [-0.3, -0.25) is 19.4 Å². The molecule has 1 amide bonds. The summed E-state index contributed by atoms with van der Waals surface area (Å²) in [5.74, 6) is -0.564. The third-order valence-electron chi connectivity index (χ3n) is 6.55. The highest BCUT2D eigenvalue weighted by Gasteiger charge is 2.36. The van der Waals surface area contributed by atoms with Crippen LogP contribution in [0.5, 0.6) is 0 Å². The monoisotopic (exact) mass is 448 g/mol. The minimum atomic E-state index is -0.564. The summed E-state index contributed by atoms with van der Waals surface area (Å²) >= 11 is 0. The quantitative estimate of drug-likeness (QED) is 0.631. The second kappa shape index (κ2) is 8.08. The van der Waals surface area contributed by atoms with Crippen LogP contribution in [0.2, 0.25) is 0 Å². The van der Waals surface area contributed by atoms with Crippen LogP contribution in [-0.4, -0.2) is 45.0 Å². The lowest BCUT2D eigenvalue weighted by atomic mass is 10.0. The minimum Gasteiger partial charge on any atom is -0.471 e. The normalized spacial score (nSPS) is 19.2. The van der Waals surface area contributed by atoms with E-state index in [1.54, 1.807) is 6.20 Å². The van der Waals surface area contributed by atoms with Crippen molar-refractivity contribution >= 4 is 28.2 Å². The van der Waals surface area contributed by atoms with Gasteiger partial charge in [0.1, 0.15) is 12.0 Å². The number of piperidine rings is 1. The minimum absolute atomic E-state index is 0.286. The standard InChI is InChI=1S/C24H28N6O3/c1-14-10-16(4-7-26-14)24-30(22(13-33-24)23(25)32)21-11-18-15(2)28(3)27-19(18)12-20(21)29-8-5-17(31)6-9-29/h4,7,10-13,17,24,31H,5-6,8-9H2,1-3H3,(H2,25,32). The molecule has 1 unspecified atom stereocenters. The molecule has 2 aliphatic heterocycles. The van der Waals surface area contributed by atoms with Crippen molar-refractivity contribution < 1.29 is 14.6 Å². The maximum Gasteiger partial charge on any atom is 0.268 e. The summed E-state index contributed by atoms with van der Waals surface area (Å²) in [4.78, 5) is 20.8. The number of aliphatic hydroxyl groups is 1. The van der Waals surface area contributed by atoms with Crippen LogP contribution in [0.15, 0.2) is 42.4 Å². The SMILES string of the molecule is Cc1cc(C2OC=C(C(N)=O)N2c2cc3c(C)n(C)nc3cc2N2CCC(O)CC2)ccn1. The highest BCUT2D eigenvalue weighted by Crippen LogP contribution is 2.44. The average Bonchev–Trinajstić information content (AvgIpc) is 3.35. The summed E-state index contributed by atoms with van der Waals surface area (Å²) in [5, 5.41) is 15.7. The molecule has 5 rings (SSSR count). The number of hydrogen-bond acceptors (Lipinski definition) is 7. The van der Waals surface area contributed by atoms with E-state index in [0.717, 1.165) is 39.2 Å². The highest BCUT2D eigenvalue weighted by molar-refractivity contribution is 6.00. The molecule has 0 radical (unpaired) electrons. The molecule has 172 valence electrons. The number of aliphatic hydroxyl groups excluding tert-OH is 1. The summed E-state index contributed by atoms with van der Waals surface area (Å²) in [6, 6.07) is 7.94. The van der Waals surface area contributed by atoms with Gasteiger partial charge >= 0.3 is 0 Å². The molecule has 4 heterocycles. The van der Waals surface area contributed by atoms with Crippen molar-refractivity contribution in [3.8, 4) is 0 Å². The van der Waals surface area contributed by atoms with Crippen molar-refractivity contribution in [2.24, 2.45) is 12.8 Å². The Morgan fingerprint density at radius 2 is 1.94 bits per heavy atom. The first-order chi connectivity index (χ1) is 15.8. The number of fused-ring (bicyclic) bond motifs is 1. The molecule has 0 aliphatic carbocycles. The van der Waals surface area contributed by atoms with Gasteiger partial charge in [0.2, 0.25) is 6.23 Å². The van der Waals surface area contributed by atoms with E-state index in [1.165, 1.54) is 6.26 Å². The fraction of sp³-hybridized carbons (Fsp3) is 0.375. The zero-order valence-corrected chi connectivity index (χ0v) is 19.0. The van der Waals surface area contributed by atoms with E-state index >= 15 is 0 Å². The number of primary amides is 1. The van der Waals surface area contributed by atoms with E-state index in [2.05, 4.69) is 27.1 Å². The Kier molecular flexibility index (Phi) is 5.20. The summed E-state index contributed by atoms with van der Waals surface area (Å²) in [6.07, 6.45) is 3.68. The van der Waals surface area contributed by atoms with Gasteiger partial charge < -0.3 is 20.5 Å². The van der Waals surface area contributed by atoms with Crippen LogP contribution in [0.4, 0.5) is 11.4 Å². The molecule has 2 aliphatic rings. The Hall–Kier alpha value is -3.59. The molecular formula is C24H28N6O3. The van der Waals surface area contributed by atoms with Crippen molar-refractivity contribution in [3.05, 3.63) is 59.4 Å². The number of carbonyl (C=O) groups excluding carboxylic acids is 1. The van der Waals surface area contributed by atoms with E-state index in [4.69, 9.17) is 10.5 Å². The molecule has 33 heavy (non-hydrogen) atoms. The van der Waals surface area contributed by atoms with Crippen LogP contribution in [0, 0.1) is 13.8 Å². The van der Waals surface area contributed by atoms with Gasteiger partial charge in [-0.2, -0.15) is 5.10 Å². The lowest BCUT2D eigenvalue weighted by molar-refractivity contribution is -0.114. The number of rotatable bonds is 4. The number of hydrogen-bond donors (Lipinski definition) is 2. The first-order valence-electron chi connectivity index (χ1n) is 11.1. The lowest BCUT2D eigenvalue weighted by Crippen LogP contribution is -2.38. The number of benzene rings is 1. The molecular weight excluding hydrogens is 420 g/mol. The van der Waals surface area contributed by atoms with Gasteiger partial charge in [0.15, 0.2) is 0 Å². The molecule has 9 nitrogen and oxygen atoms in total. The van der Waals surface area contributed by atoms with Crippen molar-refractivity contribution in [2.75, 3.05) is 22.9 Å². The molecule has 3 aromatic rings. The number of nitrogens with two attached hydrogens (primary N) is 1. The summed E-state index contributed by atoms with van der Waals surface area (Å²) in [7, 11) is 1.92. The molecule has 0 spiro atoms. The number of aryl methyl sites for hydroxylation is 3. The Balaban J connectivity index is 1.70. The van der Waals surface area contributed by atoms with Gasteiger partial charge in [-0.05, 0) is 51.0 Å². The predicted octanol–water partition coefficient (Wildman–Crippen LogP) is 2.41. The first-order valence-corrected chi connectivity index (χ1v) is 11.1. The molecule has 1 fully saturated rings. The van der Waals surface area contributed by atoms with Crippen LogP contribution < -0.4 is 15.5 Å². The van der Waals surface area contributed by atoms with Gasteiger partial charge in [-0.15, -0.1) is 0 Å². The van der Waals surface area contributed by atoms with Crippen molar-refractivity contribution in [1.82, 2.24) is 14.8 Å². The smallest absolute Gasteiger partial charge is 0.268 e. The molecule has 9 heteroatoms. The van der Waals surface area contributed by atoms with E-state index in [9.17, 15) is 9.90 Å². The second-order valence-corrected chi connectivity index (χ2v) is 8.74. The maximum absolute atomic E-state index is 12.5. The van der Waals surface area contributed by atoms with Crippen LogP contribution in [0.3, 0.4) is 0 Å². The van der Waals surface area contributed by atoms with E-state index in [-0.39, 0.29) is 11.8 Å². The fourth-order valence-electron chi connectivity index (χ4n) is 4.66. The van der Waals surface area contributed by atoms with Crippen molar-refractivity contribution in [3.63, 3.8) is 0 Å². The molecule has 0 saturated carbocycles. The number of carbonyl (C=O) groups is 1. The van der Waals surface area contributed by atoms with Crippen LogP contribution in [-0.2, 0) is 16.6 Å². The fourth-order valence-corrected chi connectivity index (χ4v) is 4.66. The highest BCUT2D eigenvalue weighted by atomic mass is 16.5. The number of anilines is 2. The third kappa shape index (κ3) is 3.68. The van der Waals surface area contributed by atoms with Gasteiger partial charge in [0, 0.05) is 48.7 Å².